The zero-order chi connectivity index (χ0) is 15.5. The summed E-state index contributed by atoms with van der Waals surface area (Å²) in [6, 6.07) is 7.01. The Labute approximate surface area is 123 Å². The monoisotopic (exact) mass is 302 g/mol. The minimum atomic E-state index is -4.20. The van der Waals surface area contributed by atoms with E-state index in [4.69, 9.17) is 4.74 Å². The Morgan fingerprint density at radius 1 is 1.33 bits per heavy atom. The van der Waals surface area contributed by atoms with Crippen molar-refractivity contribution in [1.29, 1.82) is 0 Å². The highest BCUT2D eigenvalue weighted by molar-refractivity contribution is 5.38. The largest absolute Gasteiger partial charge is 0.492 e. The van der Waals surface area contributed by atoms with E-state index >= 15 is 0 Å². The molecule has 1 N–H and O–H groups in total. The SMILES string of the molecule is CCCN(CC(F)(F)F)C1COc2ccccc2C1NC. The molecule has 3 nitrogen and oxygen atoms in total. The molecular weight excluding hydrogens is 281 g/mol. The molecule has 118 valence electrons. The maximum absolute atomic E-state index is 12.8. The molecule has 0 spiro atoms. The molecule has 0 bridgehead atoms. The first-order valence-electron chi connectivity index (χ1n) is 7.16. The fourth-order valence-corrected chi connectivity index (χ4v) is 2.89. The van der Waals surface area contributed by atoms with Crippen molar-refractivity contribution in [3.63, 3.8) is 0 Å². The summed E-state index contributed by atoms with van der Waals surface area (Å²) in [7, 11) is 1.78. The number of hydrogen-bond acceptors (Lipinski definition) is 3. The summed E-state index contributed by atoms with van der Waals surface area (Å²) >= 11 is 0. The molecule has 1 heterocycles. The Kier molecular flexibility index (Phi) is 5.11. The van der Waals surface area contributed by atoms with Crippen molar-refractivity contribution in [2.24, 2.45) is 0 Å². The van der Waals surface area contributed by atoms with Crippen molar-refractivity contribution >= 4 is 0 Å². The predicted molar refractivity (Wildman–Crippen MR) is 75.4 cm³/mol. The molecule has 0 saturated heterocycles. The maximum Gasteiger partial charge on any atom is 0.401 e. The van der Waals surface area contributed by atoms with Gasteiger partial charge in [0.1, 0.15) is 12.4 Å². The Morgan fingerprint density at radius 2 is 2.05 bits per heavy atom. The Bertz CT molecular complexity index is 464. The smallest absolute Gasteiger partial charge is 0.401 e. The lowest BCUT2D eigenvalue weighted by atomic mass is 9.95. The zero-order valence-corrected chi connectivity index (χ0v) is 12.3. The molecule has 0 aromatic heterocycles. The van der Waals surface area contributed by atoms with Gasteiger partial charge in [-0.05, 0) is 26.1 Å². The molecule has 2 rings (SSSR count). The molecule has 0 radical (unpaired) electrons. The van der Waals surface area contributed by atoms with Crippen LogP contribution in [0.2, 0.25) is 0 Å². The normalized spacial score (nSPS) is 22.0. The van der Waals surface area contributed by atoms with Crippen LogP contribution in [0.5, 0.6) is 5.75 Å². The van der Waals surface area contributed by atoms with E-state index in [0.29, 0.717) is 13.0 Å². The molecule has 2 unspecified atom stereocenters. The second-order valence-corrected chi connectivity index (χ2v) is 5.27. The van der Waals surface area contributed by atoms with Crippen LogP contribution in [0.4, 0.5) is 13.2 Å². The summed E-state index contributed by atoms with van der Waals surface area (Å²) in [5.74, 6) is 0.747. The molecule has 1 aliphatic heterocycles. The molecule has 0 aliphatic carbocycles. The second kappa shape index (κ2) is 6.66. The average Bonchev–Trinajstić information content (AvgIpc) is 2.44. The first-order chi connectivity index (χ1) is 9.96. The highest BCUT2D eigenvalue weighted by atomic mass is 19.4. The molecule has 21 heavy (non-hydrogen) atoms. The zero-order valence-electron chi connectivity index (χ0n) is 12.3. The fraction of sp³-hybridized carbons (Fsp3) is 0.600. The van der Waals surface area contributed by atoms with Gasteiger partial charge in [-0.1, -0.05) is 25.1 Å². The van der Waals surface area contributed by atoms with Crippen molar-refractivity contribution in [2.75, 3.05) is 26.7 Å². The number of rotatable bonds is 5. The van der Waals surface area contributed by atoms with Crippen LogP contribution in [0.3, 0.4) is 0 Å². The van der Waals surface area contributed by atoms with Gasteiger partial charge < -0.3 is 10.1 Å². The van der Waals surface area contributed by atoms with Gasteiger partial charge in [0, 0.05) is 5.56 Å². The lowest BCUT2D eigenvalue weighted by Gasteiger charge is -2.40. The number of para-hydroxylation sites is 1. The van der Waals surface area contributed by atoms with Crippen LogP contribution in [0.1, 0.15) is 24.9 Å². The molecule has 1 aliphatic rings. The number of nitrogens with one attached hydrogen (secondary N) is 1. The van der Waals surface area contributed by atoms with Gasteiger partial charge in [0.2, 0.25) is 0 Å². The van der Waals surface area contributed by atoms with Crippen molar-refractivity contribution in [3.8, 4) is 5.75 Å². The molecule has 1 aromatic rings. The summed E-state index contributed by atoms with van der Waals surface area (Å²) in [6.45, 7) is 1.64. The average molecular weight is 302 g/mol. The van der Waals surface area contributed by atoms with E-state index in [1.54, 1.807) is 7.05 Å². The highest BCUT2D eigenvalue weighted by Gasteiger charge is 2.39. The molecule has 1 aromatic carbocycles. The van der Waals surface area contributed by atoms with E-state index in [-0.39, 0.29) is 18.7 Å². The van der Waals surface area contributed by atoms with E-state index < -0.39 is 12.7 Å². The van der Waals surface area contributed by atoms with Gasteiger partial charge in [0.25, 0.3) is 0 Å². The van der Waals surface area contributed by atoms with Gasteiger partial charge in [0.15, 0.2) is 0 Å². The summed E-state index contributed by atoms with van der Waals surface area (Å²) in [4.78, 5) is 1.47. The Hall–Kier alpha value is -1.27. The molecule has 0 fully saturated rings. The number of halogens is 3. The number of hydrogen-bond donors (Lipinski definition) is 1. The third-order valence-corrected chi connectivity index (χ3v) is 3.72. The van der Waals surface area contributed by atoms with Gasteiger partial charge in [0.05, 0.1) is 18.6 Å². The second-order valence-electron chi connectivity index (χ2n) is 5.27. The maximum atomic E-state index is 12.8. The lowest BCUT2D eigenvalue weighted by molar-refractivity contribution is -0.154. The molecule has 0 saturated carbocycles. The van der Waals surface area contributed by atoms with Crippen LogP contribution in [-0.2, 0) is 0 Å². The van der Waals surface area contributed by atoms with Crippen LogP contribution < -0.4 is 10.1 Å². The predicted octanol–water partition coefficient (Wildman–Crippen LogP) is 2.98. The van der Waals surface area contributed by atoms with E-state index in [9.17, 15) is 13.2 Å². The van der Waals surface area contributed by atoms with Gasteiger partial charge in [-0.3, -0.25) is 4.90 Å². The van der Waals surface area contributed by atoms with Crippen molar-refractivity contribution in [3.05, 3.63) is 29.8 Å². The van der Waals surface area contributed by atoms with Crippen LogP contribution in [0, 0.1) is 0 Å². The van der Waals surface area contributed by atoms with E-state index in [1.165, 1.54) is 4.90 Å². The van der Waals surface area contributed by atoms with E-state index in [0.717, 1.165) is 11.3 Å². The highest BCUT2D eigenvalue weighted by Crippen LogP contribution is 2.34. The fourth-order valence-electron chi connectivity index (χ4n) is 2.89. The molecule has 6 heteroatoms. The number of fused-ring (bicyclic) bond motifs is 1. The quantitative estimate of drug-likeness (QED) is 0.905. The Morgan fingerprint density at radius 3 is 2.67 bits per heavy atom. The van der Waals surface area contributed by atoms with Crippen molar-refractivity contribution < 1.29 is 17.9 Å². The summed E-state index contributed by atoms with van der Waals surface area (Å²) in [5.41, 5.74) is 0.916. The van der Waals surface area contributed by atoms with Crippen LogP contribution in [-0.4, -0.2) is 43.9 Å². The number of likely N-dealkylation sites (N-methyl/N-ethyl adjacent to an activating group) is 1. The van der Waals surface area contributed by atoms with E-state index in [2.05, 4.69) is 5.32 Å². The summed E-state index contributed by atoms with van der Waals surface area (Å²) in [6.07, 6.45) is -3.53. The first-order valence-corrected chi connectivity index (χ1v) is 7.16. The standard InChI is InChI=1S/C15H21F3N2O/c1-3-8-20(10-15(16,17)18)12-9-21-13-7-5-4-6-11(13)14(12)19-2/h4-7,12,14,19H,3,8-10H2,1-2H3. The third kappa shape index (κ3) is 3.89. The van der Waals surface area contributed by atoms with Gasteiger partial charge in [-0.25, -0.2) is 0 Å². The number of nitrogens with zero attached hydrogens (tertiary/aromatic N) is 1. The lowest BCUT2D eigenvalue weighted by Crippen LogP contribution is -2.52. The van der Waals surface area contributed by atoms with E-state index in [1.807, 2.05) is 31.2 Å². The molecule has 2 atom stereocenters. The number of ether oxygens (including phenoxy) is 1. The summed E-state index contributed by atoms with van der Waals surface area (Å²) in [5, 5.41) is 3.15. The number of benzene rings is 1. The minimum absolute atomic E-state index is 0.163. The third-order valence-electron chi connectivity index (χ3n) is 3.72. The van der Waals surface area contributed by atoms with Gasteiger partial charge >= 0.3 is 6.18 Å². The van der Waals surface area contributed by atoms with Crippen molar-refractivity contribution in [2.45, 2.75) is 31.6 Å². The summed E-state index contributed by atoms with van der Waals surface area (Å²) < 4.78 is 44.1. The molecule has 0 amide bonds. The number of alkyl halides is 3. The topological polar surface area (TPSA) is 24.5 Å². The van der Waals surface area contributed by atoms with Crippen LogP contribution in [0.25, 0.3) is 0 Å². The van der Waals surface area contributed by atoms with Gasteiger partial charge in [-0.15, -0.1) is 0 Å². The van der Waals surface area contributed by atoms with Crippen LogP contribution in [0.15, 0.2) is 24.3 Å². The first kappa shape index (κ1) is 16.1. The molecular formula is C15H21F3N2O. The van der Waals surface area contributed by atoms with Crippen molar-refractivity contribution in [1.82, 2.24) is 10.2 Å². The van der Waals surface area contributed by atoms with Crippen LogP contribution >= 0.6 is 0 Å². The van der Waals surface area contributed by atoms with Gasteiger partial charge in [-0.2, -0.15) is 13.2 Å². The Balaban J connectivity index is 2.24. The minimum Gasteiger partial charge on any atom is -0.492 e.